The molecule has 0 amide bonds. The fourth-order valence-corrected chi connectivity index (χ4v) is 3.02. The number of aromatic nitrogens is 1. The molecule has 3 rings (SSSR count). The lowest BCUT2D eigenvalue weighted by atomic mass is 10.1. The largest absolute Gasteiger partial charge is 0.358 e. The van der Waals surface area contributed by atoms with Crippen LogP contribution in [0.1, 0.15) is 16.8 Å². The van der Waals surface area contributed by atoms with Gasteiger partial charge in [-0.25, -0.2) is 0 Å². The summed E-state index contributed by atoms with van der Waals surface area (Å²) in [6, 6.07) is 4.15. The van der Waals surface area contributed by atoms with Crippen LogP contribution in [0.4, 0.5) is 0 Å². The molecule has 0 atom stereocenters. The van der Waals surface area contributed by atoms with Crippen molar-refractivity contribution in [3.05, 3.63) is 34.0 Å². The second-order valence-electron chi connectivity index (χ2n) is 5.35. The Balaban J connectivity index is 1.98. The number of aryl methyl sites for hydroxylation is 2. The first-order valence-electron chi connectivity index (χ1n) is 6.86. The standard InChI is InChI=1S/C15H20ClN3/c1-10-14(16)4-3-12-13(11(2)18-15(10)12)9-19-7-5-17-6-8-19/h3-4,17-18H,5-9H2,1-2H3. The van der Waals surface area contributed by atoms with Crippen molar-refractivity contribution in [2.24, 2.45) is 0 Å². The van der Waals surface area contributed by atoms with Crippen molar-refractivity contribution in [1.29, 1.82) is 0 Å². The minimum absolute atomic E-state index is 0.836. The highest BCUT2D eigenvalue weighted by Crippen LogP contribution is 2.30. The summed E-state index contributed by atoms with van der Waals surface area (Å²) in [5.74, 6) is 0. The highest BCUT2D eigenvalue weighted by atomic mass is 35.5. The van der Waals surface area contributed by atoms with Gasteiger partial charge in [-0.2, -0.15) is 0 Å². The third-order valence-electron chi connectivity index (χ3n) is 4.08. The highest BCUT2D eigenvalue weighted by Gasteiger charge is 2.16. The van der Waals surface area contributed by atoms with Crippen LogP contribution in [-0.2, 0) is 6.54 Å². The third-order valence-corrected chi connectivity index (χ3v) is 4.49. The maximum Gasteiger partial charge on any atom is 0.0504 e. The number of nitrogens with zero attached hydrogens (tertiary/aromatic N) is 1. The summed E-state index contributed by atoms with van der Waals surface area (Å²) in [7, 11) is 0. The number of halogens is 1. The lowest BCUT2D eigenvalue weighted by Gasteiger charge is -2.27. The Bertz CT molecular complexity index is 597. The van der Waals surface area contributed by atoms with E-state index in [1.165, 1.54) is 22.2 Å². The van der Waals surface area contributed by atoms with Crippen molar-refractivity contribution in [1.82, 2.24) is 15.2 Å². The lowest BCUT2D eigenvalue weighted by Crippen LogP contribution is -2.42. The summed E-state index contributed by atoms with van der Waals surface area (Å²) in [5, 5.41) is 5.55. The Hall–Kier alpha value is -1.03. The quantitative estimate of drug-likeness (QED) is 0.884. The number of aromatic amines is 1. The van der Waals surface area contributed by atoms with E-state index < -0.39 is 0 Å². The van der Waals surface area contributed by atoms with Crippen LogP contribution >= 0.6 is 11.6 Å². The molecule has 1 aliphatic rings. The summed E-state index contributed by atoms with van der Waals surface area (Å²) < 4.78 is 0. The van der Waals surface area contributed by atoms with Gasteiger partial charge in [-0.1, -0.05) is 17.7 Å². The van der Waals surface area contributed by atoms with Crippen molar-refractivity contribution >= 4 is 22.5 Å². The van der Waals surface area contributed by atoms with Gasteiger partial charge >= 0.3 is 0 Å². The monoisotopic (exact) mass is 277 g/mol. The SMILES string of the molecule is Cc1[nH]c2c(C)c(Cl)ccc2c1CN1CCNCC1. The first-order chi connectivity index (χ1) is 9.16. The Labute approximate surface area is 118 Å². The minimum Gasteiger partial charge on any atom is -0.358 e. The van der Waals surface area contributed by atoms with Crippen molar-refractivity contribution < 1.29 is 0 Å². The van der Waals surface area contributed by atoms with Gasteiger partial charge in [0.05, 0.1) is 5.52 Å². The number of hydrogen-bond donors (Lipinski definition) is 2. The van der Waals surface area contributed by atoms with Crippen molar-refractivity contribution in [3.8, 4) is 0 Å². The van der Waals surface area contributed by atoms with Crippen LogP contribution in [0, 0.1) is 13.8 Å². The summed E-state index contributed by atoms with van der Waals surface area (Å²) in [5.41, 5.74) is 5.01. The number of fused-ring (bicyclic) bond motifs is 1. The van der Waals surface area contributed by atoms with Gasteiger partial charge < -0.3 is 10.3 Å². The molecule has 2 heterocycles. The van der Waals surface area contributed by atoms with Gasteiger partial charge in [-0.05, 0) is 31.0 Å². The molecule has 2 aromatic rings. The Kier molecular flexibility index (Phi) is 3.52. The molecule has 1 aromatic heterocycles. The Morgan fingerprint density at radius 1 is 1.21 bits per heavy atom. The Morgan fingerprint density at radius 3 is 2.68 bits per heavy atom. The van der Waals surface area contributed by atoms with Crippen LogP contribution < -0.4 is 5.32 Å². The zero-order valence-electron chi connectivity index (χ0n) is 11.5. The Morgan fingerprint density at radius 2 is 1.95 bits per heavy atom. The van der Waals surface area contributed by atoms with Crippen molar-refractivity contribution in [3.63, 3.8) is 0 Å². The predicted octanol–water partition coefficient (Wildman–Crippen LogP) is 2.84. The molecule has 0 bridgehead atoms. The minimum atomic E-state index is 0.836. The van der Waals surface area contributed by atoms with Gasteiger partial charge in [-0.15, -0.1) is 0 Å². The molecule has 4 heteroatoms. The summed E-state index contributed by atoms with van der Waals surface area (Å²) in [6.45, 7) is 9.69. The number of piperazine rings is 1. The van der Waals surface area contributed by atoms with E-state index in [0.29, 0.717) is 0 Å². The molecule has 102 valence electrons. The van der Waals surface area contributed by atoms with Gasteiger partial charge in [-0.3, -0.25) is 4.90 Å². The molecular weight excluding hydrogens is 258 g/mol. The summed E-state index contributed by atoms with van der Waals surface area (Å²) in [6.07, 6.45) is 0. The van der Waals surface area contributed by atoms with Crippen molar-refractivity contribution in [2.75, 3.05) is 26.2 Å². The van der Waals surface area contributed by atoms with Gasteiger partial charge in [0.25, 0.3) is 0 Å². The van der Waals surface area contributed by atoms with Crippen LogP contribution in [0.5, 0.6) is 0 Å². The highest BCUT2D eigenvalue weighted by molar-refractivity contribution is 6.32. The van der Waals surface area contributed by atoms with E-state index in [1.807, 2.05) is 6.07 Å². The van der Waals surface area contributed by atoms with E-state index in [-0.39, 0.29) is 0 Å². The van der Waals surface area contributed by atoms with Crippen LogP contribution in [0.3, 0.4) is 0 Å². The second-order valence-corrected chi connectivity index (χ2v) is 5.76. The lowest BCUT2D eigenvalue weighted by molar-refractivity contribution is 0.233. The van der Waals surface area contributed by atoms with Crippen LogP contribution in [0.15, 0.2) is 12.1 Å². The van der Waals surface area contributed by atoms with Gasteiger partial charge in [0.1, 0.15) is 0 Å². The first-order valence-corrected chi connectivity index (χ1v) is 7.24. The molecule has 3 nitrogen and oxygen atoms in total. The maximum atomic E-state index is 6.20. The molecule has 19 heavy (non-hydrogen) atoms. The molecular formula is C15H20ClN3. The summed E-state index contributed by atoms with van der Waals surface area (Å²) >= 11 is 6.20. The normalized spacial score (nSPS) is 17.2. The molecule has 0 unspecified atom stereocenters. The van der Waals surface area contributed by atoms with E-state index >= 15 is 0 Å². The molecule has 1 saturated heterocycles. The van der Waals surface area contributed by atoms with Gasteiger partial charge in [0.2, 0.25) is 0 Å². The zero-order chi connectivity index (χ0) is 13.4. The number of H-pyrrole nitrogens is 1. The van der Waals surface area contributed by atoms with Gasteiger partial charge in [0.15, 0.2) is 0 Å². The van der Waals surface area contributed by atoms with Crippen LogP contribution in [0.2, 0.25) is 5.02 Å². The maximum absolute atomic E-state index is 6.20. The fraction of sp³-hybridized carbons (Fsp3) is 0.467. The van der Waals surface area contributed by atoms with E-state index in [4.69, 9.17) is 11.6 Å². The third kappa shape index (κ3) is 2.38. The van der Waals surface area contributed by atoms with Gasteiger partial charge in [0, 0.05) is 48.8 Å². The topological polar surface area (TPSA) is 31.1 Å². The van der Waals surface area contributed by atoms with Crippen molar-refractivity contribution in [2.45, 2.75) is 20.4 Å². The molecule has 1 aromatic carbocycles. The van der Waals surface area contributed by atoms with E-state index in [2.05, 4.69) is 35.1 Å². The molecule has 0 spiro atoms. The molecule has 2 N–H and O–H groups in total. The number of benzene rings is 1. The molecule has 0 aliphatic carbocycles. The van der Waals surface area contributed by atoms with E-state index in [0.717, 1.165) is 43.3 Å². The smallest absolute Gasteiger partial charge is 0.0504 e. The fourth-order valence-electron chi connectivity index (χ4n) is 2.86. The zero-order valence-corrected chi connectivity index (χ0v) is 12.3. The number of rotatable bonds is 2. The molecule has 0 radical (unpaired) electrons. The van der Waals surface area contributed by atoms with E-state index in [1.54, 1.807) is 0 Å². The number of nitrogens with one attached hydrogen (secondary N) is 2. The number of hydrogen-bond acceptors (Lipinski definition) is 2. The van der Waals surface area contributed by atoms with E-state index in [9.17, 15) is 0 Å². The average molecular weight is 278 g/mol. The van der Waals surface area contributed by atoms with Crippen LogP contribution in [-0.4, -0.2) is 36.1 Å². The summed E-state index contributed by atoms with van der Waals surface area (Å²) in [4.78, 5) is 6.01. The first kappa shape index (κ1) is 13.0. The second kappa shape index (κ2) is 5.16. The molecule has 0 saturated carbocycles. The predicted molar refractivity (Wildman–Crippen MR) is 80.9 cm³/mol. The molecule has 1 aliphatic heterocycles. The average Bonchev–Trinajstić information content (AvgIpc) is 2.73. The van der Waals surface area contributed by atoms with Crippen LogP contribution in [0.25, 0.3) is 10.9 Å². The molecule has 1 fully saturated rings.